The predicted molar refractivity (Wildman–Crippen MR) is 88.0 cm³/mol. The molecule has 3 heterocycles. The number of rotatable bonds is 4. The van der Waals surface area contributed by atoms with Crippen LogP contribution in [0.2, 0.25) is 0 Å². The molecule has 22 heavy (non-hydrogen) atoms. The Morgan fingerprint density at radius 3 is 2.91 bits per heavy atom. The van der Waals surface area contributed by atoms with Crippen molar-refractivity contribution in [2.24, 2.45) is 5.92 Å². The highest BCUT2D eigenvalue weighted by molar-refractivity contribution is 7.18. The summed E-state index contributed by atoms with van der Waals surface area (Å²) in [5.41, 5.74) is 5.76. The van der Waals surface area contributed by atoms with Gasteiger partial charge in [-0.05, 0) is 12.8 Å². The van der Waals surface area contributed by atoms with Gasteiger partial charge < -0.3 is 15.4 Å². The molecule has 7 nitrogen and oxygen atoms in total. The zero-order chi connectivity index (χ0) is 15.7. The molecule has 1 unspecified atom stereocenters. The summed E-state index contributed by atoms with van der Waals surface area (Å²) in [4.78, 5) is 7.33. The number of aromatic nitrogens is 4. The van der Waals surface area contributed by atoms with Crippen molar-refractivity contribution in [2.75, 3.05) is 30.3 Å². The van der Waals surface area contributed by atoms with Crippen LogP contribution in [0.4, 0.5) is 11.1 Å². The van der Waals surface area contributed by atoms with E-state index in [2.05, 4.69) is 45.4 Å². The summed E-state index contributed by atoms with van der Waals surface area (Å²) in [5.74, 6) is 2.25. The van der Waals surface area contributed by atoms with Crippen LogP contribution in [0.1, 0.15) is 20.8 Å². The van der Waals surface area contributed by atoms with Gasteiger partial charge in [0.2, 0.25) is 5.95 Å². The Labute approximate surface area is 134 Å². The molecule has 0 aromatic carbocycles. The Morgan fingerprint density at radius 2 is 2.27 bits per heavy atom. The largest absolute Gasteiger partial charge is 0.375 e. The number of morpholine rings is 1. The van der Waals surface area contributed by atoms with E-state index in [0.717, 1.165) is 42.9 Å². The van der Waals surface area contributed by atoms with E-state index in [1.807, 2.05) is 0 Å². The van der Waals surface area contributed by atoms with E-state index in [-0.39, 0.29) is 6.10 Å². The highest BCUT2D eigenvalue weighted by atomic mass is 32.1. The first-order valence-corrected chi connectivity index (χ1v) is 8.37. The number of ether oxygens (including phenoxy) is 1. The van der Waals surface area contributed by atoms with Crippen molar-refractivity contribution in [3.05, 3.63) is 6.20 Å². The second-order valence-electron chi connectivity index (χ2n) is 6.02. The minimum Gasteiger partial charge on any atom is -0.375 e. The van der Waals surface area contributed by atoms with E-state index in [1.54, 1.807) is 6.20 Å². The van der Waals surface area contributed by atoms with Crippen LogP contribution in [0, 0.1) is 5.92 Å². The third kappa shape index (κ3) is 3.07. The van der Waals surface area contributed by atoms with Gasteiger partial charge in [0.25, 0.3) is 0 Å². The zero-order valence-corrected chi connectivity index (χ0v) is 14.0. The molecule has 0 saturated carbocycles. The standard InChI is InChI=1S/C14H22N6OS/c1-9(2)7-20-12(11-6-16-13(15)22-11)17-18-14(20)19-4-5-21-10(3)8-19/h6,9-10H,4-5,7-8H2,1-3H3,(H2,15,16). The van der Waals surface area contributed by atoms with Crippen LogP contribution in [0.15, 0.2) is 6.20 Å². The Hall–Kier alpha value is -1.67. The fourth-order valence-electron chi connectivity index (χ4n) is 2.64. The van der Waals surface area contributed by atoms with Gasteiger partial charge in [-0.3, -0.25) is 4.57 Å². The lowest BCUT2D eigenvalue weighted by Crippen LogP contribution is -2.42. The summed E-state index contributed by atoms with van der Waals surface area (Å²) in [6.07, 6.45) is 1.98. The van der Waals surface area contributed by atoms with Crippen molar-refractivity contribution < 1.29 is 4.74 Å². The van der Waals surface area contributed by atoms with Crippen LogP contribution in [0.3, 0.4) is 0 Å². The molecule has 1 aliphatic heterocycles. The Balaban J connectivity index is 1.97. The maximum atomic E-state index is 5.76. The molecule has 120 valence electrons. The summed E-state index contributed by atoms with van der Waals surface area (Å²) in [5, 5.41) is 9.38. The van der Waals surface area contributed by atoms with E-state index >= 15 is 0 Å². The number of anilines is 2. The van der Waals surface area contributed by atoms with Gasteiger partial charge in [0.1, 0.15) is 0 Å². The number of hydrogen-bond donors (Lipinski definition) is 1. The molecule has 1 fully saturated rings. The molecule has 3 rings (SSSR count). The van der Waals surface area contributed by atoms with Crippen LogP contribution in [0.5, 0.6) is 0 Å². The smallest absolute Gasteiger partial charge is 0.227 e. The lowest BCUT2D eigenvalue weighted by molar-refractivity contribution is 0.0523. The van der Waals surface area contributed by atoms with Crippen LogP contribution in [-0.4, -0.2) is 45.5 Å². The fourth-order valence-corrected chi connectivity index (χ4v) is 3.31. The molecule has 0 aliphatic carbocycles. The van der Waals surface area contributed by atoms with Crippen molar-refractivity contribution in [1.29, 1.82) is 0 Å². The van der Waals surface area contributed by atoms with Crippen molar-refractivity contribution >= 4 is 22.4 Å². The van der Waals surface area contributed by atoms with E-state index in [4.69, 9.17) is 10.5 Å². The first-order chi connectivity index (χ1) is 10.5. The summed E-state index contributed by atoms with van der Waals surface area (Å²) >= 11 is 1.44. The van der Waals surface area contributed by atoms with Gasteiger partial charge in [-0.25, -0.2) is 4.98 Å². The summed E-state index contributed by atoms with van der Waals surface area (Å²) < 4.78 is 7.80. The molecule has 0 bridgehead atoms. The molecule has 0 spiro atoms. The monoisotopic (exact) mass is 322 g/mol. The second-order valence-corrected chi connectivity index (χ2v) is 7.08. The minimum absolute atomic E-state index is 0.209. The molecule has 8 heteroatoms. The van der Waals surface area contributed by atoms with E-state index in [1.165, 1.54) is 11.3 Å². The lowest BCUT2D eigenvalue weighted by Gasteiger charge is -2.32. The number of thiazole rings is 1. The topological polar surface area (TPSA) is 82.1 Å². The molecular formula is C14H22N6OS. The second kappa shape index (κ2) is 6.21. The maximum Gasteiger partial charge on any atom is 0.227 e. The molecular weight excluding hydrogens is 300 g/mol. The van der Waals surface area contributed by atoms with E-state index in [9.17, 15) is 0 Å². The molecule has 1 atom stereocenters. The van der Waals surface area contributed by atoms with Crippen molar-refractivity contribution in [3.8, 4) is 10.7 Å². The van der Waals surface area contributed by atoms with E-state index < -0.39 is 0 Å². The highest BCUT2D eigenvalue weighted by Gasteiger charge is 2.24. The third-order valence-electron chi connectivity index (χ3n) is 3.55. The van der Waals surface area contributed by atoms with Crippen LogP contribution in [0.25, 0.3) is 10.7 Å². The normalized spacial score (nSPS) is 19.1. The van der Waals surface area contributed by atoms with Crippen molar-refractivity contribution in [2.45, 2.75) is 33.4 Å². The molecule has 0 amide bonds. The first-order valence-electron chi connectivity index (χ1n) is 7.56. The quantitative estimate of drug-likeness (QED) is 0.925. The molecule has 0 radical (unpaired) electrons. The van der Waals surface area contributed by atoms with Gasteiger partial charge in [0, 0.05) is 19.6 Å². The van der Waals surface area contributed by atoms with Gasteiger partial charge in [-0.1, -0.05) is 25.2 Å². The van der Waals surface area contributed by atoms with Crippen molar-refractivity contribution in [3.63, 3.8) is 0 Å². The SMILES string of the molecule is CC(C)Cn1c(-c2cnc(N)s2)nnc1N1CCOC(C)C1. The summed E-state index contributed by atoms with van der Waals surface area (Å²) in [6, 6.07) is 0. The minimum atomic E-state index is 0.209. The van der Waals surface area contributed by atoms with Gasteiger partial charge >= 0.3 is 0 Å². The zero-order valence-electron chi connectivity index (χ0n) is 13.2. The molecule has 1 aliphatic rings. The maximum absolute atomic E-state index is 5.76. The van der Waals surface area contributed by atoms with E-state index in [0.29, 0.717) is 11.0 Å². The number of nitrogens with two attached hydrogens (primary N) is 1. The first kappa shape index (κ1) is 15.2. The number of hydrogen-bond acceptors (Lipinski definition) is 7. The van der Waals surface area contributed by atoms with Gasteiger partial charge in [-0.2, -0.15) is 0 Å². The third-order valence-corrected chi connectivity index (χ3v) is 4.37. The average Bonchev–Trinajstić information content (AvgIpc) is 3.04. The van der Waals surface area contributed by atoms with Crippen molar-refractivity contribution in [1.82, 2.24) is 19.7 Å². The lowest BCUT2D eigenvalue weighted by atomic mass is 10.2. The summed E-state index contributed by atoms with van der Waals surface area (Å²) in [6.45, 7) is 9.72. The number of nitrogens with zero attached hydrogens (tertiary/aromatic N) is 5. The number of nitrogen functional groups attached to an aromatic ring is 1. The van der Waals surface area contributed by atoms with Gasteiger partial charge in [0.15, 0.2) is 11.0 Å². The molecule has 2 N–H and O–H groups in total. The Morgan fingerprint density at radius 1 is 1.45 bits per heavy atom. The Bertz CT molecular complexity index is 637. The highest BCUT2D eigenvalue weighted by Crippen LogP contribution is 2.29. The summed E-state index contributed by atoms with van der Waals surface area (Å²) in [7, 11) is 0. The van der Waals surface area contributed by atoms with Crippen LogP contribution < -0.4 is 10.6 Å². The molecule has 2 aromatic rings. The predicted octanol–water partition coefficient (Wildman–Crippen LogP) is 1.86. The van der Waals surface area contributed by atoms with Gasteiger partial charge in [0.05, 0.1) is 23.8 Å². The average molecular weight is 322 g/mol. The Kier molecular flexibility index (Phi) is 4.30. The molecule has 2 aromatic heterocycles. The molecule has 1 saturated heterocycles. The fraction of sp³-hybridized carbons (Fsp3) is 0.643. The van der Waals surface area contributed by atoms with Gasteiger partial charge in [-0.15, -0.1) is 10.2 Å². The van der Waals surface area contributed by atoms with Crippen LogP contribution >= 0.6 is 11.3 Å². The van der Waals surface area contributed by atoms with Crippen LogP contribution in [-0.2, 0) is 11.3 Å².